The zero-order chi connectivity index (χ0) is 40.1. The molecule has 3 heterocycles. The number of pyridine rings is 2. The van der Waals surface area contributed by atoms with Crippen LogP contribution in [-0.4, -0.2) is 79.4 Å². The molecule has 1 aliphatic rings. The van der Waals surface area contributed by atoms with Crippen LogP contribution in [0, 0.1) is 0 Å². The van der Waals surface area contributed by atoms with E-state index in [0.717, 1.165) is 22.3 Å². The lowest BCUT2D eigenvalue weighted by atomic mass is 10.1. The van der Waals surface area contributed by atoms with Gasteiger partial charge in [-0.15, -0.1) is 0 Å². The molecule has 0 unspecified atom stereocenters. The van der Waals surface area contributed by atoms with Gasteiger partial charge < -0.3 is 19.6 Å². The van der Waals surface area contributed by atoms with Crippen molar-refractivity contribution in [1.82, 2.24) is 29.6 Å². The van der Waals surface area contributed by atoms with Gasteiger partial charge in [-0.1, -0.05) is 133 Å². The van der Waals surface area contributed by atoms with Crippen molar-refractivity contribution < 1.29 is 19.2 Å². The number of aromatic nitrogens is 2. The molecule has 10 heteroatoms. The van der Waals surface area contributed by atoms with E-state index in [-0.39, 0.29) is 46.4 Å². The Morgan fingerprint density at radius 3 is 0.759 bits per heavy atom. The molecule has 0 saturated heterocycles. The van der Waals surface area contributed by atoms with Crippen LogP contribution >= 0.6 is 0 Å². The standard InChI is InChI=1S/C48H46N6O4/c55-45-41-25-13-26-42(49-41)46(56)53(35-39-21-9-3-10-22-39)31-16-32-54(36-40-23-11-4-12-24-40)48(58)44-28-14-27-43(50-44)47(57)52(34-38-19-7-2-8-20-38)30-15-29-51(45)33-37-17-5-1-6-18-37/h1-14,17-28H,15-16,29-36H2. The van der Waals surface area contributed by atoms with E-state index in [4.69, 9.17) is 0 Å². The van der Waals surface area contributed by atoms with E-state index < -0.39 is 0 Å². The molecule has 2 aromatic heterocycles. The van der Waals surface area contributed by atoms with Crippen molar-refractivity contribution in [2.24, 2.45) is 0 Å². The van der Waals surface area contributed by atoms with Gasteiger partial charge >= 0.3 is 0 Å². The van der Waals surface area contributed by atoms with Crippen molar-refractivity contribution in [3.8, 4) is 0 Å². The molecule has 0 aliphatic carbocycles. The van der Waals surface area contributed by atoms with Crippen molar-refractivity contribution in [3.63, 3.8) is 0 Å². The number of nitrogens with zero attached hydrogens (tertiary/aromatic N) is 6. The summed E-state index contributed by atoms with van der Waals surface area (Å²) in [6.45, 7) is 2.52. The average molecular weight is 771 g/mol. The number of fused-ring (bicyclic) bond motifs is 4. The Labute approximate surface area is 339 Å². The maximum atomic E-state index is 14.4. The summed E-state index contributed by atoms with van der Waals surface area (Å²) in [5.41, 5.74) is 4.41. The van der Waals surface area contributed by atoms with Crippen LogP contribution in [0.2, 0.25) is 0 Å². The summed E-state index contributed by atoms with van der Waals surface area (Å²) in [6, 6.07) is 48.8. The second-order valence-electron chi connectivity index (χ2n) is 14.4. The van der Waals surface area contributed by atoms with Crippen LogP contribution < -0.4 is 0 Å². The summed E-state index contributed by atoms with van der Waals surface area (Å²) in [4.78, 5) is 73.6. The Kier molecular flexibility index (Phi) is 13.1. The minimum Gasteiger partial charge on any atom is -0.333 e. The van der Waals surface area contributed by atoms with Gasteiger partial charge in [0, 0.05) is 52.4 Å². The Hall–Kier alpha value is -6.94. The van der Waals surface area contributed by atoms with Gasteiger partial charge in [-0.3, -0.25) is 19.2 Å². The van der Waals surface area contributed by atoms with Crippen molar-refractivity contribution in [2.75, 3.05) is 26.2 Å². The van der Waals surface area contributed by atoms with E-state index in [2.05, 4.69) is 9.97 Å². The molecule has 4 bridgehead atoms. The Bertz CT molecular complexity index is 1990. The first-order chi connectivity index (χ1) is 28.4. The molecule has 0 atom stereocenters. The van der Waals surface area contributed by atoms with Gasteiger partial charge in [-0.05, 0) is 59.4 Å². The molecule has 4 amide bonds. The zero-order valence-corrected chi connectivity index (χ0v) is 32.4. The Morgan fingerprint density at radius 1 is 0.310 bits per heavy atom. The van der Waals surface area contributed by atoms with E-state index in [0.29, 0.717) is 65.2 Å². The highest BCUT2D eigenvalue weighted by Crippen LogP contribution is 2.18. The number of rotatable bonds is 8. The van der Waals surface area contributed by atoms with Gasteiger partial charge in [0.25, 0.3) is 23.6 Å². The van der Waals surface area contributed by atoms with Gasteiger partial charge in [0.15, 0.2) is 0 Å². The summed E-state index contributed by atoms with van der Waals surface area (Å²) in [5.74, 6) is -1.25. The van der Waals surface area contributed by atoms with Crippen LogP contribution in [0.1, 0.15) is 77.0 Å². The third-order valence-electron chi connectivity index (χ3n) is 10.1. The fourth-order valence-corrected chi connectivity index (χ4v) is 7.12. The van der Waals surface area contributed by atoms with Gasteiger partial charge in [0.2, 0.25) is 0 Å². The molecule has 292 valence electrons. The first-order valence-electron chi connectivity index (χ1n) is 19.7. The average Bonchev–Trinajstić information content (AvgIpc) is 3.28. The zero-order valence-electron chi connectivity index (χ0n) is 32.4. The molecule has 0 saturated carbocycles. The van der Waals surface area contributed by atoms with Gasteiger partial charge in [0.1, 0.15) is 22.8 Å². The maximum Gasteiger partial charge on any atom is 0.272 e. The second kappa shape index (κ2) is 19.3. The first-order valence-corrected chi connectivity index (χ1v) is 19.7. The number of amides is 4. The van der Waals surface area contributed by atoms with Gasteiger partial charge in [-0.25, -0.2) is 9.97 Å². The minimum atomic E-state index is -0.312. The number of carbonyl (C=O) groups excluding carboxylic acids is 4. The lowest BCUT2D eigenvalue weighted by molar-refractivity contribution is 0.0692. The largest absolute Gasteiger partial charge is 0.333 e. The van der Waals surface area contributed by atoms with Crippen molar-refractivity contribution in [3.05, 3.63) is 203 Å². The number of carbonyl (C=O) groups is 4. The summed E-state index contributed by atoms with van der Waals surface area (Å²) in [6.07, 6.45) is 0.897. The number of hydrogen-bond donors (Lipinski definition) is 0. The molecule has 6 aromatic rings. The maximum absolute atomic E-state index is 14.4. The predicted molar refractivity (Wildman–Crippen MR) is 222 cm³/mol. The predicted octanol–water partition coefficient (Wildman–Crippen LogP) is 7.54. The summed E-state index contributed by atoms with van der Waals surface area (Å²) < 4.78 is 0. The monoisotopic (exact) mass is 770 g/mol. The highest BCUT2D eigenvalue weighted by atomic mass is 16.2. The Balaban J connectivity index is 1.26. The molecule has 58 heavy (non-hydrogen) atoms. The smallest absolute Gasteiger partial charge is 0.272 e. The number of benzene rings is 4. The third-order valence-corrected chi connectivity index (χ3v) is 10.1. The quantitative estimate of drug-likeness (QED) is 0.158. The van der Waals surface area contributed by atoms with Crippen molar-refractivity contribution >= 4 is 23.6 Å². The van der Waals surface area contributed by atoms with Gasteiger partial charge in [-0.2, -0.15) is 0 Å². The molecule has 1 aliphatic heterocycles. The fourth-order valence-electron chi connectivity index (χ4n) is 7.12. The first kappa shape index (κ1) is 39.3. The molecule has 0 radical (unpaired) electrons. The number of hydrogen-bond acceptors (Lipinski definition) is 6. The summed E-state index contributed by atoms with van der Waals surface area (Å²) in [7, 11) is 0. The molecular weight excluding hydrogens is 725 g/mol. The lowest BCUT2D eigenvalue weighted by Gasteiger charge is -2.28. The SMILES string of the molecule is O=C1c2cccc(n2)C(=O)N(Cc2ccccc2)CCCN(Cc2ccccc2)C(=O)c2cccc(n2)C(=O)N(Cc2ccccc2)CCCN1Cc1ccccc1. The van der Waals surface area contributed by atoms with Crippen LogP contribution in [-0.2, 0) is 26.2 Å². The van der Waals surface area contributed by atoms with Crippen molar-refractivity contribution in [1.29, 1.82) is 0 Å². The second-order valence-corrected chi connectivity index (χ2v) is 14.4. The topological polar surface area (TPSA) is 107 Å². The highest BCUT2D eigenvalue weighted by molar-refractivity contribution is 5.97. The van der Waals surface area contributed by atoms with Gasteiger partial charge in [0.05, 0.1) is 0 Å². The van der Waals surface area contributed by atoms with E-state index in [1.807, 2.05) is 121 Å². The van der Waals surface area contributed by atoms with Crippen LogP contribution in [0.25, 0.3) is 0 Å². The van der Waals surface area contributed by atoms with Crippen LogP contribution in [0.4, 0.5) is 0 Å². The summed E-state index contributed by atoms with van der Waals surface area (Å²) in [5, 5.41) is 0. The third kappa shape index (κ3) is 10.3. The molecule has 0 fully saturated rings. The van der Waals surface area contributed by atoms with E-state index >= 15 is 0 Å². The van der Waals surface area contributed by atoms with Crippen molar-refractivity contribution in [2.45, 2.75) is 39.0 Å². The van der Waals surface area contributed by atoms with E-state index in [1.165, 1.54) is 0 Å². The molecule has 0 spiro atoms. The minimum absolute atomic E-state index is 0.161. The van der Waals surface area contributed by atoms with E-state index in [1.54, 1.807) is 56.0 Å². The molecule has 7 rings (SSSR count). The molecule has 4 aromatic carbocycles. The molecular formula is C48H46N6O4. The lowest BCUT2D eigenvalue weighted by Crippen LogP contribution is -2.38. The summed E-state index contributed by atoms with van der Waals surface area (Å²) >= 11 is 0. The fraction of sp³-hybridized carbons (Fsp3) is 0.208. The normalized spacial score (nSPS) is 14.8. The van der Waals surface area contributed by atoms with Crippen LogP contribution in [0.15, 0.2) is 158 Å². The molecule has 0 N–H and O–H groups in total. The Morgan fingerprint density at radius 2 is 0.534 bits per heavy atom. The van der Waals surface area contributed by atoms with E-state index in [9.17, 15) is 19.2 Å². The molecule has 10 nitrogen and oxygen atoms in total. The van der Waals surface area contributed by atoms with Crippen LogP contribution in [0.3, 0.4) is 0 Å². The highest BCUT2D eigenvalue weighted by Gasteiger charge is 2.26. The van der Waals surface area contributed by atoms with Crippen LogP contribution in [0.5, 0.6) is 0 Å².